The Balaban J connectivity index is 2.00. The molecule has 0 spiro atoms. The highest BCUT2D eigenvalue weighted by Gasteiger charge is 2.19. The predicted octanol–water partition coefficient (Wildman–Crippen LogP) is 1.93. The summed E-state index contributed by atoms with van der Waals surface area (Å²) in [5, 5.41) is 19.6. The van der Waals surface area contributed by atoms with Crippen molar-refractivity contribution in [2.45, 2.75) is 6.54 Å². The summed E-state index contributed by atoms with van der Waals surface area (Å²) in [6.07, 6.45) is 3.07. The summed E-state index contributed by atoms with van der Waals surface area (Å²) in [6.45, 7) is 0.160. The van der Waals surface area contributed by atoms with Crippen molar-refractivity contribution in [3.8, 4) is 0 Å². The Morgan fingerprint density at radius 2 is 2.24 bits per heavy atom. The molecule has 0 bridgehead atoms. The van der Waals surface area contributed by atoms with E-state index in [0.29, 0.717) is 21.3 Å². The lowest BCUT2D eigenvalue weighted by atomic mass is 10.4. The third kappa shape index (κ3) is 2.47. The van der Waals surface area contributed by atoms with Crippen LogP contribution in [0.2, 0.25) is 5.15 Å². The van der Waals surface area contributed by atoms with Crippen LogP contribution in [0.15, 0.2) is 16.9 Å². The average molecular weight is 373 g/mol. The van der Waals surface area contributed by atoms with E-state index in [0.717, 1.165) is 0 Å². The molecule has 0 aliphatic rings. The van der Waals surface area contributed by atoms with E-state index in [4.69, 9.17) is 11.6 Å². The van der Waals surface area contributed by atoms with Gasteiger partial charge in [-0.1, -0.05) is 11.6 Å². The molecule has 0 aliphatic carbocycles. The number of hydrogen-bond acceptors (Lipinski definition) is 6. The smallest absolute Gasteiger partial charge is 0.358 e. The van der Waals surface area contributed by atoms with Gasteiger partial charge < -0.3 is 10.1 Å². The van der Waals surface area contributed by atoms with Crippen molar-refractivity contribution < 1.29 is 4.92 Å². The fourth-order valence-corrected chi connectivity index (χ4v) is 2.53. The third-order valence-corrected chi connectivity index (χ3v) is 3.61. The normalized spacial score (nSPS) is 11.2. The minimum atomic E-state index is -0.571. The quantitative estimate of drug-likeness (QED) is 0.395. The van der Waals surface area contributed by atoms with Gasteiger partial charge in [-0.3, -0.25) is 4.68 Å². The molecule has 3 aromatic rings. The fourth-order valence-electron chi connectivity index (χ4n) is 1.84. The van der Waals surface area contributed by atoms with E-state index in [9.17, 15) is 10.1 Å². The maximum Gasteiger partial charge on any atom is 0.404 e. The van der Waals surface area contributed by atoms with Gasteiger partial charge in [0, 0.05) is 7.05 Å². The standard InChI is InChI=1S/C10H7BrClN7O2/c1-17-9-5(2-13-17)8(12)14-7(15-9)4-18-3-6(11)10(16-18)19(20)21/h2-3H,4H2,1H3. The van der Waals surface area contributed by atoms with Gasteiger partial charge in [0.05, 0.1) is 22.9 Å². The Kier molecular flexibility index (Phi) is 3.33. The summed E-state index contributed by atoms with van der Waals surface area (Å²) in [7, 11) is 1.74. The van der Waals surface area contributed by atoms with Gasteiger partial charge in [0.15, 0.2) is 11.5 Å². The highest BCUT2D eigenvalue weighted by atomic mass is 79.9. The van der Waals surface area contributed by atoms with Gasteiger partial charge in [0.1, 0.15) is 16.2 Å². The molecule has 0 fully saturated rings. The van der Waals surface area contributed by atoms with Crippen molar-refractivity contribution in [2.24, 2.45) is 7.05 Å². The van der Waals surface area contributed by atoms with Crippen LogP contribution in [0.3, 0.4) is 0 Å². The molecular formula is C10H7BrClN7O2. The van der Waals surface area contributed by atoms with Crippen LogP contribution in [0.1, 0.15) is 5.82 Å². The van der Waals surface area contributed by atoms with Crippen LogP contribution in [0.25, 0.3) is 11.0 Å². The first kappa shape index (κ1) is 13.9. The van der Waals surface area contributed by atoms with Crippen LogP contribution in [0.5, 0.6) is 0 Å². The molecule has 0 amide bonds. The van der Waals surface area contributed by atoms with Gasteiger partial charge in [-0.05, 0) is 20.9 Å². The van der Waals surface area contributed by atoms with Crippen molar-refractivity contribution >= 4 is 44.4 Å². The van der Waals surface area contributed by atoms with E-state index in [1.165, 1.54) is 10.9 Å². The lowest BCUT2D eigenvalue weighted by molar-refractivity contribution is -0.390. The van der Waals surface area contributed by atoms with Crippen molar-refractivity contribution in [3.63, 3.8) is 0 Å². The Morgan fingerprint density at radius 3 is 2.90 bits per heavy atom. The molecule has 0 atom stereocenters. The van der Waals surface area contributed by atoms with Crippen molar-refractivity contribution in [3.05, 3.63) is 38.0 Å². The summed E-state index contributed by atoms with van der Waals surface area (Å²) in [5.41, 5.74) is 0.589. The summed E-state index contributed by atoms with van der Waals surface area (Å²) in [6, 6.07) is 0. The highest BCUT2D eigenvalue weighted by Crippen LogP contribution is 2.23. The summed E-state index contributed by atoms with van der Waals surface area (Å²) < 4.78 is 3.24. The highest BCUT2D eigenvalue weighted by molar-refractivity contribution is 9.10. The van der Waals surface area contributed by atoms with Crippen LogP contribution >= 0.6 is 27.5 Å². The molecule has 3 rings (SSSR count). The molecule has 0 unspecified atom stereocenters. The second kappa shape index (κ2) is 5.04. The van der Waals surface area contributed by atoms with Gasteiger partial charge in [-0.15, -0.1) is 0 Å². The predicted molar refractivity (Wildman–Crippen MR) is 77.0 cm³/mol. The van der Waals surface area contributed by atoms with Gasteiger partial charge in [0.2, 0.25) is 0 Å². The van der Waals surface area contributed by atoms with Crippen LogP contribution < -0.4 is 0 Å². The molecule has 0 saturated heterocycles. The lowest BCUT2D eigenvalue weighted by Crippen LogP contribution is -2.07. The fraction of sp³-hybridized carbons (Fsp3) is 0.200. The first-order chi connectivity index (χ1) is 9.95. The molecule has 0 aromatic carbocycles. The van der Waals surface area contributed by atoms with Gasteiger partial charge in [-0.25, -0.2) is 9.97 Å². The first-order valence-electron chi connectivity index (χ1n) is 5.67. The Hall–Kier alpha value is -2.07. The number of nitro groups is 1. The minimum absolute atomic E-state index is 0.160. The number of hydrogen-bond donors (Lipinski definition) is 0. The molecule has 21 heavy (non-hydrogen) atoms. The van der Waals surface area contributed by atoms with E-state index in [1.807, 2.05) is 0 Å². The van der Waals surface area contributed by atoms with Gasteiger partial charge in [0.25, 0.3) is 0 Å². The zero-order chi connectivity index (χ0) is 15.1. The van der Waals surface area contributed by atoms with Crippen LogP contribution in [-0.4, -0.2) is 34.5 Å². The summed E-state index contributed by atoms with van der Waals surface area (Å²) in [4.78, 5) is 18.7. The second-order valence-corrected chi connectivity index (χ2v) is 5.40. The number of halogens is 2. The Morgan fingerprint density at radius 1 is 1.48 bits per heavy atom. The van der Waals surface area contributed by atoms with Crippen molar-refractivity contribution in [1.29, 1.82) is 0 Å². The molecule has 0 radical (unpaired) electrons. The van der Waals surface area contributed by atoms with E-state index < -0.39 is 4.92 Å². The molecule has 0 aliphatic heterocycles. The maximum absolute atomic E-state index is 10.8. The molecular weight excluding hydrogens is 366 g/mol. The summed E-state index contributed by atoms with van der Waals surface area (Å²) >= 11 is 9.16. The molecule has 11 heteroatoms. The molecule has 9 nitrogen and oxygen atoms in total. The molecule has 3 heterocycles. The van der Waals surface area contributed by atoms with E-state index in [1.54, 1.807) is 17.9 Å². The number of fused-ring (bicyclic) bond motifs is 1. The van der Waals surface area contributed by atoms with E-state index >= 15 is 0 Å². The second-order valence-electron chi connectivity index (χ2n) is 4.19. The first-order valence-corrected chi connectivity index (χ1v) is 6.84. The topological polar surface area (TPSA) is 105 Å². The Labute approximate surface area is 130 Å². The largest absolute Gasteiger partial charge is 0.404 e. The SMILES string of the molecule is Cn1ncc2c(Cl)nc(Cn3cc(Br)c([N+](=O)[O-])n3)nc21. The van der Waals surface area contributed by atoms with Crippen LogP contribution in [-0.2, 0) is 13.6 Å². The number of rotatable bonds is 3. The van der Waals surface area contributed by atoms with Crippen molar-refractivity contribution in [1.82, 2.24) is 29.5 Å². The van der Waals surface area contributed by atoms with E-state index in [-0.39, 0.29) is 17.5 Å². The lowest BCUT2D eigenvalue weighted by Gasteiger charge is -2.00. The molecule has 0 N–H and O–H groups in total. The third-order valence-electron chi connectivity index (χ3n) is 2.77. The molecule has 3 aromatic heterocycles. The zero-order valence-electron chi connectivity index (χ0n) is 10.6. The summed E-state index contributed by atoms with van der Waals surface area (Å²) in [5.74, 6) is 0.128. The number of nitrogens with zero attached hydrogens (tertiary/aromatic N) is 7. The maximum atomic E-state index is 10.8. The van der Waals surface area contributed by atoms with Crippen LogP contribution in [0.4, 0.5) is 5.82 Å². The Bertz CT molecular complexity index is 859. The van der Waals surface area contributed by atoms with Crippen molar-refractivity contribution in [2.75, 3.05) is 0 Å². The number of aryl methyl sites for hydroxylation is 1. The monoisotopic (exact) mass is 371 g/mol. The van der Waals surface area contributed by atoms with E-state index in [2.05, 4.69) is 36.1 Å². The minimum Gasteiger partial charge on any atom is -0.358 e. The van der Waals surface area contributed by atoms with Crippen LogP contribution in [0, 0.1) is 10.1 Å². The molecule has 108 valence electrons. The molecule has 0 saturated carbocycles. The zero-order valence-corrected chi connectivity index (χ0v) is 12.9. The average Bonchev–Trinajstić information content (AvgIpc) is 2.94. The number of aromatic nitrogens is 6. The van der Waals surface area contributed by atoms with Gasteiger partial charge in [-0.2, -0.15) is 9.78 Å². The van der Waals surface area contributed by atoms with Gasteiger partial charge >= 0.3 is 5.82 Å².